The van der Waals surface area contributed by atoms with Gasteiger partial charge in [-0.25, -0.2) is 0 Å². The van der Waals surface area contributed by atoms with Crippen molar-refractivity contribution in [2.75, 3.05) is 0 Å². The molecule has 0 fully saturated rings. The fraction of sp³-hybridized carbons (Fsp3) is 0.0714. The number of esters is 1. The van der Waals surface area contributed by atoms with Crippen molar-refractivity contribution in [1.29, 1.82) is 0 Å². The van der Waals surface area contributed by atoms with Gasteiger partial charge in [-0.2, -0.15) is 0 Å². The summed E-state index contributed by atoms with van der Waals surface area (Å²) in [7, 11) is 0. The smallest absolute Gasteiger partial charge is 0.308 e. The average Bonchev–Trinajstić information content (AvgIpc) is 2.32. The molecule has 0 aliphatic rings. The molecule has 2 rings (SSSR count). The maximum absolute atomic E-state index is 10.9. The molecule has 0 saturated heterocycles. The van der Waals surface area contributed by atoms with Crippen LogP contribution in [-0.2, 0) is 4.79 Å². The van der Waals surface area contributed by atoms with Gasteiger partial charge >= 0.3 is 5.97 Å². The van der Waals surface area contributed by atoms with Crippen LogP contribution in [0.15, 0.2) is 42.5 Å². The van der Waals surface area contributed by atoms with Crippen LogP contribution in [0, 0.1) is 0 Å². The molecule has 92 valence electrons. The molecule has 2 aromatic rings. The number of hydrogen-bond acceptors (Lipinski definition) is 2. The zero-order valence-electron chi connectivity index (χ0n) is 9.61. The molecule has 0 amide bonds. The van der Waals surface area contributed by atoms with Gasteiger partial charge in [0, 0.05) is 22.5 Å². The van der Waals surface area contributed by atoms with Crippen LogP contribution in [0.5, 0.6) is 5.75 Å². The Kier molecular flexibility index (Phi) is 3.90. The standard InChI is InChI=1S/C14H10Cl2O2/c1-9(17)18-12-4-2-3-10(7-12)13-8-11(15)5-6-14(13)16/h2-8H,1H3. The van der Waals surface area contributed by atoms with Crippen LogP contribution in [-0.4, -0.2) is 5.97 Å². The molecule has 2 aromatic carbocycles. The zero-order valence-corrected chi connectivity index (χ0v) is 11.1. The minimum atomic E-state index is -0.357. The van der Waals surface area contributed by atoms with Gasteiger partial charge < -0.3 is 4.74 Å². The summed E-state index contributed by atoms with van der Waals surface area (Å²) in [4.78, 5) is 10.9. The summed E-state index contributed by atoms with van der Waals surface area (Å²) < 4.78 is 5.03. The van der Waals surface area contributed by atoms with E-state index in [0.717, 1.165) is 11.1 Å². The Bertz CT molecular complexity index is 594. The van der Waals surface area contributed by atoms with Crippen molar-refractivity contribution in [2.45, 2.75) is 6.92 Å². The number of rotatable bonds is 2. The third-order valence-electron chi connectivity index (χ3n) is 2.34. The van der Waals surface area contributed by atoms with Crippen LogP contribution >= 0.6 is 23.2 Å². The van der Waals surface area contributed by atoms with E-state index < -0.39 is 0 Å². The van der Waals surface area contributed by atoms with Crippen LogP contribution in [0.4, 0.5) is 0 Å². The van der Waals surface area contributed by atoms with Crippen LogP contribution in [0.1, 0.15) is 6.92 Å². The molecule has 4 heteroatoms. The van der Waals surface area contributed by atoms with E-state index in [1.165, 1.54) is 6.92 Å². The highest BCUT2D eigenvalue weighted by molar-refractivity contribution is 6.35. The highest BCUT2D eigenvalue weighted by atomic mass is 35.5. The van der Waals surface area contributed by atoms with Crippen LogP contribution in [0.2, 0.25) is 10.0 Å². The number of benzene rings is 2. The van der Waals surface area contributed by atoms with Crippen LogP contribution in [0.25, 0.3) is 11.1 Å². The van der Waals surface area contributed by atoms with Crippen LogP contribution < -0.4 is 4.74 Å². The van der Waals surface area contributed by atoms with Gasteiger partial charge in [0.25, 0.3) is 0 Å². The molecular weight excluding hydrogens is 271 g/mol. The number of ether oxygens (including phenoxy) is 1. The van der Waals surface area contributed by atoms with Crippen molar-refractivity contribution in [2.24, 2.45) is 0 Å². The van der Waals surface area contributed by atoms with Gasteiger partial charge in [-0.1, -0.05) is 35.3 Å². The molecule has 0 aromatic heterocycles. The zero-order chi connectivity index (χ0) is 13.1. The van der Waals surface area contributed by atoms with Gasteiger partial charge in [-0.3, -0.25) is 4.79 Å². The Morgan fingerprint density at radius 3 is 2.61 bits per heavy atom. The van der Waals surface area contributed by atoms with Crippen molar-refractivity contribution < 1.29 is 9.53 Å². The van der Waals surface area contributed by atoms with E-state index in [9.17, 15) is 4.79 Å². The van der Waals surface area contributed by atoms with E-state index in [4.69, 9.17) is 27.9 Å². The fourth-order valence-corrected chi connectivity index (χ4v) is 2.01. The third kappa shape index (κ3) is 3.03. The average molecular weight is 281 g/mol. The molecule has 0 N–H and O–H groups in total. The SMILES string of the molecule is CC(=O)Oc1cccc(-c2cc(Cl)ccc2Cl)c1. The lowest BCUT2D eigenvalue weighted by Crippen LogP contribution is -2.01. The molecule has 0 bridgehead atoms. The number of halogens is 2. The maximum Gasteiger partial charge on any atom is 0.308 e. The molecule has 0 aliphatic heterocycles. The van der Waals surface area contributed by atoms with Gasteiger partial charge in [0.15, 0.2) is 0 Å². The summed E-state index contributed by atoms with van der Waals surface area (Å²) in [5.74, 6) is 0.125. The van der Waals surface area contributed by atoms with E-state index in [2.05, 4.69) is 0 Å². The molecule has 0 radical (unpaired) electrons. The molecule has 18 heavy (non-hydrogen) atoms. The van der Waals surface area contributed by atoms with Crippen molar-refractivity contribution in [3.8, 4) is 16.9 Å². The normalized spacial score (nSPS) is 10.2. The minimum Gasteiger partial charge on any atom is -0.427 e. The first-order valence-corrected chi connectivity index (χ1v) is 6.06. The maximum atomic E-state index is 10.9. The first kappa shape index (κ1) is 12.9. The molecule has 0 heterocycles. The Morgan fingerprint density at radius 1 is 1.11 bits per heavy atom. The van der Waals surface area contributed by atoms with E-state index in [1.807, 2.05) is 6.07 Å². The summed E-state index contributed by atoms with van der Waals surface area (Å²) in [5.41, 5.74) is 1.65. The second kappa shape index (κ2) is 5.42. The predicted molar refractivity (Wildman–Crippen MR) is 73.2 cm³/mol. The predicted octanol–water partition coefficient (Wildman–Crippen LogP) is 4.59. The summed E-state index contributed by atoms with van der Waals surface area (Å²) in [6, 6.07) is 12.4. The lowest BCUT2D eigenvalue weighted by atomic mass is 10.1. The molecule has 0 atom stereocenters. The van der Waals surface area contributed by atoms with Gasteiger partial charge in [-0.15, -0.1) is 0 Å². The molecular formula is C14H10Cl2O2. The number of carbonyl (C=O) groups is 1. The Morgan fingerprint density at radius 2 is 1.89 bits per heavy atom. The van der Waals surface area contributed by atoms with E-state index >= 15 is 0 Å². The third-order valence-corrected chi connectivity index (χ3v) is 2.90. The molecule has 0 saturated carbocycles. The fourth-order valence-electron chi connectivity index (χ4n) is 1.61. The van der Waals surface area contributed by atoms with Gasteiger partial charge in [0.05, 0.1) is 0 Å². The Hall–Kier alpha value is -1.51. The summed E-state index contributed by atoms with van der Waals surface area (Å²) >= 11 is 12.1. The highest BCUT2D eigenvalue weighted by Crippen LogP contribution is 2.32. The Balaban J connectivity index is 2.44. The first-order valence-electron chi connectivity index (χ1n) is 5.30. The molecule has 0 aliphatic carbocycles. The number of hydrogen-bond donors (Lipinski definition) is 0. The largest absolute Gasteiger partial charge is 0.427 e. The summed E-state index contributed by atoms with van der Waals surface area (Å²) in [5, 5.41) is 1.20. The number of carbonyl (C=O) groups excluding carboxylic acids is 1. The minimum absolute atomic E-state index is 0.357. The second-order valence-corrected chi connectivity index (χ2v) is 4.59. The second-order valence-electron chi connectivity index (χ2n) is 3.75. The van der Waals surface area contributed by atoms with Gasteiger partial charge in [0.1, 0.15) is 5.75 Å². The Labute approximate surface area is 115 Å². The highest BCUT2D eigenvalue weighted by Gasteiger charge is 2.06. The quantitative estimate of drug-likeness (QED) is 0.594. The van der Waals surface area contributed by atoms with E-state index in [1.54, 1.807) is 36.4 Å². The van der Waals surface area contributed by atoms with Crippen molar-refractivity contribution in [1.82, 2.24) is 0 Å². The van der Waals surface area contributed by atoms with E-state index in [-0.39, 0.29) is 5.97 Å². The van der Waals surface area contributed by atoms with Crippen molar-refractivity contribution in [3.05, 3.63) is 52.5 Å². The van der Waals surface area contributed by atoms with Gasteiger partial charge in [0.2, 0.25) is 0 Å². The summed E-state index contributed by atoms with van der Waals surface area (Å²) in [6.45, 7) is 1.36. The van der Waals surface area contributed by atoms with E-state index in [0.29, 0.717) is 15.8 Å². The molecule has 0 spiro atoms. The van der Waals surface area contributed by atoms with Gasteiger partial charge in [-0.05, 0) is 35.9 Å². The lowest BCUT2D eigenvalue weighted by Gasteiger charge is -2.07. The molecule has 2 nitrogen and oxygen atoms in total. The van der Waals surface area contributed by atoms with Crippen molar-refractivity contribution >= 4 is 29.2 Å². The summed E-state index contributed by atoms with van der Waals surface area (Å²) in [6.07, 6.45) is 0. The lowest BCUT2D eigenvalue weighted by molar-refractivity contribution is -0.131. The van der Waals surface area contributed by atoms with Crippen LogP contribution in [0.3, 0.4) is 0 Å². The van der Waals surface area contributed by atoms with Crippen molar-refractivity contribution in [3.63, 3.8) is 0 Å². The first-order chi connectivity index (χ1) is 8.56. The molecule has 0 unspecified atom stereocenters. The monoisotopic (exact) mass is 280 g/mol. The topological polar surface area (TPSA) is 26.3 Å².